The fraction of sp³-hybridized carbons (Fsp3) is 0.682. The third kappa shape index (κ3) is 4.95. The molecule has 1 unspecified atom stereocenters. The minimum absolute atomic E-state index is 0.106. The minimum Gasteiger partial charge on any atom is -0.454 e. The van der Waals surface area contributed by atoms with Crippen molar-refractivity contribution in [1.82, 2.24) is 10.2 Å². The van der Waals surface area contributed by atoms with Gasteiger partial charge in [-0.25, -0.2) is 0 Å². The lowest BCUT2D eigenvalue weighted by molar-refractivity contribution is -0.128. The lowest BCUT2D eigenvalue weighted by Crippen LogP contribution is -2.31. The second-order valence-electron chi connectivity index (χ2n) is 8.07. The van der Waals surface area contributed by atoms with Gasteiger partial charge < -0.3 is 19.7 Å². The number of nitrogens with one attached hydrogen (secondary N) is 1. The summed E-state index contributed by atoms with van der Waals surface area (Å²) in [5.74, 6) is 2.42. The molecule has 2 aliphatic heterocycles. The van der Waals surface area contributed by atoms with Crippen molar-refractivity contribution < 1.29 is 14.3 Å². The van der Waals surface area contributed by atoms with Gasteiger partial charge in [0, 0.05) is 12.6 Å². The quantitative estimate of drug-likeness (QED) is 0.615. The zero-order valence-electron chi connectivity index (χ0n) is 16.7. The predicted molar refractivity (Wildman–Crippen MR) is 113 cm³/mol. The zero-order valence-corrected chi connectivity index (χ0v) is 17.5. The molecule has 0 aromatic heterocycles. The highest BCUT2D eigenvalue weighted by Gasteiger charge is 2.33. The molecule has 28 heavy (non-hydrogen) atoms. The van der Waals surface area contributed by atoms with E-state index in [1.165, 1.54) is 51.4 Å². The summed E-state index contributed by atoms with van der Waals surface area (Å²) in [5.41, 5.74) is 1.14. The normalized spacial score (nSPS) is 22.2. The van der Waals surface area contributed by atoms with Gasteiger partial charge >= 0.3 is 0 Å². The van der Waals surface area contributed by atoms with Gasteiger partial charge in [0.2, 0.25) is 12.7 Å². The summed E-state index contributed by atoms with van der Waals surface area (Å²) in [6.45, 7) is 2.28. The van der Waals surface area contributed by atoms with Crippen LogP contribution in [0.4, 0.5) is 0 Å². The number of ether oxygens (including phenoxy) is 2. The van der Waals surface area contributed by atoms with E-state index < -0.39 is 0 Å². The largest absolute Gasteiger partial charge is 0.454 e. The Morgan fingerprint density at radius 1 is 1.04 bits per heavy atom. The first-order valence-electron chi connectivity index (χ1n) is 10.9. The molecule has 5 nitrogen and oxygen atoms in total. The lowest BCUT2D eigenvalue weighted by atomic mass is 9.95. The summed E-state index contributed by atoms with van der Waals surface area (Å²) in [4.78, 5) is 14.4. The molecule has 1 aromatic rings. The van der Waals surface area contributed by atoms with Crippen molar-refractivity contribution in [3.8, 4) is 11.5 Å². The topological polar surface area (TPSA) is 50.8 Å². The van der Waals surface area contributed by atoms with Crippen LogP contribution in [-0.4, -0.2) is 42.5 Å². The highest BCUT2D eigenvalue weighted by atomic mass is 32.2. The summed E-state index contributed by atoms with van der Waals surface area (Å²) < 4.78 is 10.9. The maximum Gasteiger partial charge on any atom is 0.233 e. The Morgan fingerprint density at radius 3 is 2.75 bits per heavy atom. The van der Waals surface area contributed by atoms with E-state index >= 15 is 0 Å². The Kier molecular flexibility index (Phi) is 7.02. The van der Waals surface area contributed by atoms with E-state index in [1.807, 2.05) is 17.0 Å². The highest BCUT2D eigenvalue weighted by molar-refractivity contribution is 8.00. The van der Waals surface area contributed by atoms with Crippen LogP contribution in [0, 0.1) is 0 Å². The van der Waals surface area contributed by atoms with Gasteiger partial charge in [-0.1, -0.05) is 38.2 Å². The Morgan fingerprint density at radius 2 is 1.86 bits per heavy atom. The molecule has 0 spiro atoms. The second kappa shape index (κ2) is 9.88. The molecule has 1 aromatic carbocycles. The first-order chi connectivity index (χ1) is 13.8. The van der Waals surface area contributed by atoms with Gasteiger partial charge in [0.25, 0.3) is 0 Å². The number of unbranched alkanes of at least 4 members (excludes halogenated alkanes) is 3. The molecule has 1 N–H and O–H groups in total. The van der Waals surface area contributed by atoms with Gasteiger partial charge in [-0.2, -0.15) is 0 Å². The third-order valence-electron chi connectivity index (χ3n) is 6.01. The van der Waals surface area contributed by atoms with Crippen molar-refractivity contribution in [3.05, 3.63) is 23.8 Å². The Bertz CT molecular complexity index is 663. The molecule has 1 saturated heterocycles. The van der Waals surface area contributed by atoms with Gasteiger partial charge in [0.05, 0.1) is 5.75 Å². The maximum absolute atomic E-state index is 12.4. The zero-order chi connectivity index (χ0) is 19.2. The number of carbonyl (C=O) groups is 1. The average molecular weight is 405 g/mol. The van der Waals surface area contributed by atoms with E-state index in [2.05, 4.69) is 11.4 Å². The van der Waals surface area contributed by atoms with Gasteiger partial charge in [-0.15, -0.1) is 11.8 Å². The van der Waals surface area contributed by atoms with Crippen molar-refractivity contribution in [2.24, 2.45) is 0 Å². The highest BCUT2D eigenvalue weighted by Crippen LogP contribution is 2.42. The van der Waals surface area contributed by atoms with Crippen LogP contribution in [0.25, 0.3) is 0 Å². The van der Waals surface area contributed by atoms with Crippen LogP contribution in [0.3, 0.4) is 0 Å². The molecule has 1 atom stereocenters. The van der Waals surface area contributed by atoms with Crippen molar-refractivity contribution in [1.29, 1.82) is 0 Å². The number of amides is 1. The number of thioether (sulfide) groups is 1. The predicted octanol–water partition coefficient (Wildman–Crippen LogP) is 4.47. The molecule has 0 bridgehead atoms. The summed E-state index contributed by atoms with van der Waals surface area (Å²) in [6, 6.07) is 6.81. The molecule has 1 saturated carbocycles. The van der Waals surface area contributed by atoms with Crippen LogP contribution >= 0.6 is 11.8 Å². The molecule has 0 radical (unpaired) electrons. The number of carbonyl (C=O) groups excluding carboxylic acids is 1. The van der Waals surface area contributed by atoms with Crippen LogP contribution in [0.5, 0.6) is 11.5 Å². The molecule has 4 rings (SSSR count). The minimum atomic E-state index is 0.106. The van der Waals surface area contributed by atoms with Crippen molar-refractivity contribution in [2.75, 3.05) is 25.6 Å². The van der Waals surface area contributed by atoms with Crippen molar-refractivity contribution >= 4 is 17.7 Å². The number of hydrogen-bond acceptors (Lipinski definition) is 5. The third-order valence-corrected chi connectivity index (χ3v) is 7.27. The molecule has 2 heterocycles. The molecule has 2 fully saturated rings. The van der Waals surface area contributed by atoms with E-state index in [4.69, 9.17) is 9.47 Å². The summed E-state index contributed by atoms with van der Waals surface area (Å²) in [6.07, 6.45) is 11.7. The first kappa shape index (κ1) is 19.9. The summed E-state index contributed by atoms with van der Waals surface area (Å²) in [5, 5.41) is 3.83. The van der Waals surface area contributed by atoms with Crippen LogP contribution < -0.4 is 14.8 Å². The SMILES string of the molecule is O=C1CSC(c2ccc3c(c2)OCO3)N1CCCCCCNC1CCCCC1. The fourth-order valence-corrected chi connectivity index (χ4v) is 5.62. The van der Waals surface area contributed by atoms with Gasteiger partial charge in [-0.05, 0) is 49.9 Å². The molecular formula is C22H32N2O3S. The van der Waals surface area contributed by atoms with E-state index in [0.29, 0.717) is 5.75 Å². The van der Waals surface area contributed by atoms with E-state index in [-0.39, 0.29) is 18.1 Å². The molecule has 154 valence electrons. The number of benzene rings is 1. The molecule has 6 heteroatoms. The number of fused-ring (bicyclic) bond motifs is 1. The van der Waals surface area contributed by atoms with Crippen LogP contribution in [0.15, 0.2) is 18.2 Å². The molecule has 1 aliphatic carbocycles. The van der Waals surface area contributed by atoms with Gasteiger partial charge in [0.1, 0.15) is 5.37 Å². The Hall–Kier alpha value is -1.40. The van der Waals surface area contributed by atoms with Crippen LogP contribution in [0.1, 0.15) is 68.7 Å². The van der Waals surface area contributed by atoms with E-state index in [9.17, 15) is 4.79 Å². The maximum atomic E-state index is 12.4. The molecule has 1 amide bonds. The van der Waals surface area contributed by atoms with Crippen molar-refractivity contribution in [3.63, 3.8) is 0 Å². The number of rotatable bonds is 9. The smallest absolute Gasteiger partial charge is 0.233 e. The number of nitrogens with zero attached hydrogens (tertiary/aromatic N) is 1. The van der Waals surface area contributed by atoms with E-state index in [1.54, 1.807) is 11.8 Å². The van der Waals surface area contributed by atoms with Gasteiger partial charge in [-0.3, -0.25) is 4.79 Å². The second-order valence-corrected chi connectivity index (χ2v) is 9.13. The first-order valence-corrected chi connectivity index (χ1v) is 11.9. The molecule has 3 aliphatic rings. The monoisotopic (exact) mass is 404 g/mol. The van der Waals surface area contributed by atoms with Crippen molar-refractivity contribution in [2.45, 2.75) is 69.2 Å². The average Bonchev–Trinajstić information content (AvgIpc) is 3.34. The van der Waals surface area contributed by atoms with E-state index in [0.717, 1.165) is 42.6 Å². The van der Waals surface area contributed by atoms with Crippen LogP contribution in [-0.2, 0) is 4.79 Å². The number of hydrogen-bond donors (Lipinski definition) is 1. The fourth-order valence-electron chi connectivity index (χ4n) is 4.41. The summed E-state index contributed by atoms with van der Waals surface area (Å²) in [7, 11) is 0. The standard InChI is InChI=1S/C22H32N2O3S/c25-21-15-28-22(17-10-11-19-20(14-17)27-16-26-19)24(21)13-7-2-1-6-12-23-18-8-4-3-5-9-18/h10-11,14,18,22-23H,1-9,12-13,15-16H2. The van der Waals surface area contributed by atoms with Gasteiger partial charge in [0.15, 0.2) is 11.5 Å². The lowest BCUT2D eigenvalue weighted by Gasteiger charge is -2.24. The molecular weight excluding hydrogens is 372 g/mol. The Balaban J connectivity index is 1.17. The summed E-state index contributed by atoms with van der Waals surface area (Å²) >= 11 is 1.71. The Labute approximate surface area is 172 Å². The van der Waals surface area contributed by atoms with Crippen LogP contribution in [0.2, 0.25) is 0 Å².